The molecule has 0 spiro atoms. The fraction of sp³-hybridized carbons (Fsp3) is 0.200. The molecule has 0 bridgehead atoms. The zero-order valence-corrected chi connectivity index (χ0v) is 13.7. The van der Waals surface area contributed by atoms with E-state index in [0.717, 1.165) is 8.95 Å². The summed E-state index contributed by atoms with van der Waals surface area (Å²) in [5.41, 5.74) is 6.85. The van der Waals surface area contributed by atoms with Gasteiger partial charge in [0.2, 0.25) is 0 Å². The topological polar surface area (TPSA) is 46.2 Å². The first-order valence-corrected chi connectivity index (χ1v) is 7.70. The van der Waals surface area contributed by atoms with Gasteiger partial charge in [0.25, 0.3) is 0 Å². The normalized spacial score (nSPS) is 14.1. The minimum Gasteiger partial charge on any atom is -0.388 e. The van der Waals surface area contributed by atoms with Gasteiger partial charge in [0.1, 0.15) is 5.82 Å². The lowest BCUT2D eigenvalue weighted by Gasteiger charge is -2.23. The van der Waals surface area contributed by atoms with Gasteiger partial charge in [-0.1, -0.05) is 50.1 Å². The Morgan fingerprint density at radius 2 is 1.70 bits per heavy atom. The van der Waals surface area contributed by atoms with Gasteiger partial charge in [0, 0.05) is 21.4 Å². The molecule has 2 atom stereocenters. The third kappa shape index (κ3) is 3.47. The molecule has 0 aliphatic heterocycles. The molecule has 5 heteroatoms. The molecule has 20 heavy (non-hydrogen) atoms. The lowest BCUT2D eigenvalue weighted by Crippen LogP contribution is -2.21. The fourth-order valence-corrected chi connectivity index (χ4v) is 3.51. The molecule has 0 aliphatic carbocycles. The lowest BCUT2D eigenvalue weighted by atomic mass is 9.89. The molecule has 0 radical (unpaired) electrons. The van der Waals surface area contributed by atoms with E-state index in [1.165, 1.54) is 6.07 Å². The Morgan fingerprint density at radius 3 is 2.25 bits per heavy atom. The minimum atomic E-state index is -0.870. The molecule has 0 fully saturated rings. The third-order valence-electron chi connectivity index (χ3n) is 3.17. The second-order valence-corrected chi connectivity index (χ2v) is 6.34. The van der Waals surface area contributed by atoms with E-state index in [1.807, 2.05) is 6.07 Å². The van der Waals surface area contributed by atoms with Crippen molar-refractivity contribution in [3.05, 3.63) is 68.4 Å². The van der Waals surface area contributed by atoms with E-state index in [4.69, 9.17) is 5.73 Å². The average Bonchev–Trinajstić information content (AvgIpc) is 2.40. The Labute approximate surface area is 134 Å². The quantitative estimate of drug-likeness (QED) is 0.807. The summed E-state index contributed by atoms with van der Waals surface area (Å²) in [6, 6.07) is 11.9. The van der Waals surface area contributed by atoms with E-state index in [1.54, 1.807) is 30.3 Å². The number of benzene rings is 2. The van der Waals surface area contributed by atoms with Crippen LogP contribution in [0.4, 0.5) is 4.39 Å². The monoisotopic (exact) mass is 401 g/mol. The first-order chi connectivity index (χ1) is 9.52. The van der Waals surface area contributed by atoms with Crippen molar-refractivity contribution in [2.24, 2.45) is 5.73 Å². The highest BCUT2D eigenvalue weighted by Gasteiger charge is 2.24. The highest BCUT2D eigenvalue weighted by Crippen LogP contribution is 2.34. The molecule has 106 valence electrons. The Hall–Kier alpha value is -0.750. The van der Waals surface area contributed by atoms with Gasteiger partial charge in [-0.3, -0.25) is 0 Å². The summed E-state index contributed by atoms with van der Waals surface area (Å²) in [5.74, 6) is -0.839. The van der Waals surface area contributed by atoms with Gasteiger partial charge in [-0.25, -0.2) is 4.39 Å². The lowest BCUT2D eigenvalue weighted by molar-refractivity contribution is 0.145. The second-order valence-electron chi connectivity index (χ2n) is 4.51. The third-order valence-corrected chi connectivity index (χ3v) is 4.08. The van der Waals surface area contributed by atoms with Crippen molar-refractivity contribution in [1.82, 2.24) is 0 Å². The molecule has 2 aromatic rings. The summed E-state index contributed by atoms with van der Waals surface area (Å²) in [5, 5.41) is 10.5. The van der Waals surface area contributed by atoms with E-state index in [0.29, 0.717) is 11.1 Å². The standard InChI is InChI=1S/C15H14Br2FNO/c16-10-5-9(6-11(17)7-10)15(20)13(8-19)12-3-1-2-4-14(12)18/h1-7,13,15,20H,8,19H2. The minimum absolute atomic E-state index is 0.159. The maximum Gasteiger partial charge on any atom is 0.126 e. The molecule has 0 aromatic heterocycles. The summed E-state index contributed by atoms with van der Waals surface area (Å²) in [4.78, 5) is 0. The van der Waals surface area contributed by atoms with E-state index in [2.05, 4.69) is 31.9 Å². The van der Waals surface area contributed by atoms with Gasteiger partial charge in [-0.15, -0.1) is 0 Å². The first-order valence-electron chi connectivity index (χ1n) is 6.11. The van der Waals surface area contributed by atoms with Crippen molar-refractivity contribution in [2.75, 3.05) is 6.54 Å². The van der Waals surface area contributed by atoms with E-state index >= 15 is 0 Å². The Bertz CT molecular complexity index is 586. The predicted octanol–water partition coefficient (Wildman–Crippen LogP) is 4.13. The SMILES string of the molecule is NCC(c1ccccc1F)C(O)c1cc(Br)cc(Br)c1. The second kappa shape index (κ2) is 6.80. The number of nitrogens with two attached hydrogens (primary N) is 1. The van der Waals surface area contributed by atoms with E-state index < -0.39 is 12.0 Å². The number of aliphatic hydroxyl groups is 1. The van der Waals surface area contributed by atoms with Crippen molar-refractivity contribution in [3.63, 3.8) is 0 Å². The van der Waals surface area contributed by atoms with Crippen LogP contribution in [0.3, 0.4) is 0 Å². The van der Waals surface area contributed by atoms with Crippen LogP contribution in [0.15, 0.2) is 51.4 Å². The highest BCUT2D eigenvalue weighted by atomic mass is 79.9. The first kappa shape index (κ1) is 15.6. The maximum absolute atomic E-state index is 13.9. The fourth-order valence-electron chi connectivity index (χ4n) is 2.18. The zero-order chi connectivity index (χ0) is 14.7. The number of aliphatic hydroxyl groups excluding tert-OH is 1. The van der Waals surface area contributed by atoms with Gasteiger partial charge in [0.15, 0.2) is 0 Å². The van der Waals surface area contributed by atoms with Crippen LogP contribution >= 0.6 is 31.9 Å². The van der Waals surface area contributed by atoms with Crippen LogP contribution in [0.2, 0.25) is 0 Å². The van der Waals surface area contributed by atoms with Gasteiger partial charge in [0.05, 0.1) is 6.10 Å². The molecule has 0 saturated heterocycles. The van der Waals surface area contributed by atoms with E-state index in [-0.39, 0.29) is 12.4 Å². The molecule has 0 saturated carbocycles. The van der Waals surface area contributed by atoms with Crippen molar-refractivity contribution in [2.45, 2.75) is 12.0 Å². The number of hydrogen-bond acceptors (Lipinski definition) is 2. The molecule has 2 rings (SSSR count). The number of rotatable bonds is 4. The van der Waals surface area contributed by atoms with Crippen LogP contribution < -0.4 is 5.73 Å². The molecular formula is C15H14Br2FNO. The van der Waals surface area contributed by atoms with Crippen molar-refractivity contribution in [3.8, 4) is 0 Å². The molecule has 0 amide bonds. The summed E-state index contributed by atoms with van der Waals surface area (Å²) in [6.45, 7) is 0.159. The summed E-state index contributed by atoms with van der Waals surface area (Å²) >= 11 is 6.75. The predicted molar refractivity (Wildman–Crippen MR) is 85.0 cm³/mol. The molecule has 2 nitrogen and oxygen atoms in total. The van der Waals surface area contributed by atoms with Crippen molar-refractivity contribution in [1.29, 1.82) is 0 Å². The van der Waals surface area contributed by atoms with Crippen LogP contribution in [0.5, 0.6) is 0 Å². The molecule has 3 N–H and O–H groups in total. The summed E-state index contributed by atoms with van der Waals surface area (Å²) < 4.78 is 15.6. The zero-order valence-electron chi connectivity index (χ0n) is 10.6. The van der Waals surface area contributed by atoms with Crippen LogP contribution in [0.25, 0.3) is 0 Å². The van der Waals surface area contributed by atoms with Crippen molar-refractivity contribution < 1.29 is 9.50 Å². The smallest absolute Gasteiger partial charge is 0.126 e. The average molecular weight is 403 g/mol. The van der Waals surface area contributed by atoms with Gasteiger partial charge in [-0.2, -0.15) is 0 Å². The van der Waals surface area contributed by atoms with Crippen LogP contribution in [-0.2, 0) is 0 Å². The van der Waals surface area contributed by atoms with Crippen LogP contribution in [-0.4, -0.2) is 11.7 Å². The van der Waals surface area contributed by atoms with Gasteiger partial charge < -0.3 is 10.8 Å². The van der Waals surface area contributed by atoms with Gasteiger partial charge in [-0.05, 0) is 35.4 Å². The largest absolute Gasteiger partial charge is 0.388 e. The summed E-state index contributed by atoms with van der Waals surface area (Å²) in [6.07, 6.45) is -0.870. The van der Waals surface area contributed by atoms with Crippen LogP contribution in [0.1, 0.15) is 23.1 Å². The highest BCUT2D eigenvalue weighted by molar-refractivity contribution is 9.11. The maximum atomic E-state index is 13.9. The molecule has 2 aromatic carbocycles. The molecule has 2 unspecified atom stereocenters. The Balaban J connectivity index is 2.39. The van der Waals surface area contributed by atoms with E-state index in [9.17, 15) is 9.50 Å². The number of hydrogen-bond donors (Lipinski definition) is 2. The van der Waals surface area contributed by atoms with Gasteiger partial charge >= 0.3 is 0 Å². The summed E-state index contributed by atoms with van der Waals surface area (Å²) in [7, 11) is 0. The molecule has 0 aliphatic rings. The molecule has 0 heterocycles. The van der Waals surface area contributed by atoms with Crippen LogP contribution in [0, 0.1) is 5.82 Å². The molecular weight excluding hydrogens is 389 g/mol. The van der Waals surface area contributed by atoms with Crippen molar-refractivity contribution >= 4 is 31.9 Å². The number of halogens is 3. The Kier molecular flexibility index (Phi) is 5.32. The Morgan fingerprint density at radius 1 is 1.10 bits per heavy atom.